The van der Waals surface area contributed by atoms with Gasteiger partial charge >= 0.3 is 11.9 Å². The van der Waals surface area contributed by atoms with Crippen molar-refractivity contribution in [1.82, 2.24) is 0 Å². The molecular weight excluding hydrogens is 403 g/mol. The highest BCUT2D eigenvalue weighted by Crippen LogP contribution is 2.33. The highest BCUT2D eigenvalue weighted by molar-refractivity contribution is 6.33. The zero-order valence-corrected chi connectivity index (χ0v) is 15.8. The van der Waals surface area contributed by atoms with Gasteiger partial charge in [0, 0.05) is 0 Å². The quantitative estimate of drug-likeness (QED) is 0.400. The average molecular weight is 417 g/mol. The van der Waals surface area contributed by atoms with Gasteiger partial charge in [-0.3, -0.25) is 0 Å². The standard InChI is InChI=1S/C20H14Cl2N2O4/c21-13-5-1-3-7-15(13)23-17-9-12(20(27)28)18(10-11(17)19(25)26)24-16-8-4-2-6-14(16)22/h1-10,23-24H,(H,25,26)(H,27,28). The van der Waals surface area contributed by atoms with Crippen molar-refractivity contribution >= 4 is 57.9 Å². The highest BCUT2D eigenvalue weighted by Gasteiger charge is 2.20. The van der Waals surface area contributed by atoms with Crippen LogP contribution in [0.15, 0.2) is 60.7 Å². The van der Waals surface area contributed by atoms with Gasteiger partial charge in [0.1, 0.15) is 0 Å². The van der Waals surface area contributed by atoms with Crippen molar-refractivity contribution in [3.05, 3.63) is 81.8 Å². The fourth-order valence-corrected chi connectivity index (χ4v) is 2.94. The summed E-state index contributed by atoms with van der Waals surface area (Å²) in [6.45, 7) is 0. The maximum absolute atomic E-state index is 11.8. The van der Waals surface area contributed by atoms with E-state index < -0.39 is 11.9 Å². The van der Waals surface area contributed by atoms with Crippen LogP contribution in [0.5, 0.6) is 0 Å². The van der Waals surface area contributed by atoms with Crippen LogP contribution in [-0.2, 0) is 0 Å². The first-order valence-corrected chi connectivity index (χ1v) is 8.80. The first-order valence-electron chi connectivity index (χ1n) is 8.04. The molecule has 0 radical (unpaired) electrons. The van der Waals surface area contributed by atoms with Crippen LogP contribution >= 0.6 is 23.2 Å². The predicted molar refractivity (Wildman–Crippen MR) is 110 cm³/mol. The molecule has 0 bridgehead atoms. The fraction of sp³-hybridized carbons (Fsp3) is 0. The number of carboxylic acids is 2. The van der Waals surface area contributed by atoms with Crippen LogP contribution in [0.2, 0.25) is 10.0 Å². The number of aromatic carboxylic acids is 2. The van der Waals surface area contributed by atoms with Gasteiger partial charge in [0.15, 0.2) is 0 Å². The zero-order valence-electron chi connectivity index (χ0n) is 14.2. The van der Waals surface area contributed by atoms with E-state index in [0.29, 0.717) is 21.4 Å². The summed E-state index contributed by atoms with van der Waals surface area (Å²) in [5, 5.41) is 25.7. The normalized spacial score (nSPS) is 10.4. The minimum atomic E-state index is -1.23. The Labute approximate surface area is 170 Å². The number of benzene rings is 3. The monoisotopic (exact) mass is 416 g/mol. The molecule has 3 aromatic rings. The molecule has 0 unspecified atom stereocenters. The molecule has 0 fully saturated rings. The molecule has 0 aliphatic rings. The maximum Gasteiger partial charge on any atom is 0.337 e. The number of hydrogen-bond donors (Lipinski definition) is 4. The second kappa shape index (κ2) is 8.21. The summed E-state index contributed by atoms with van der Waals surface area (Å²) in [6.07, 6.45) is 0. The van der Waals surface area contributed by atoms with Gasteiger partial charge in [-0.1, -0.05) is 47.5 Å². The molecule has 0 saturated carbocycles. The van der Waals surface area contributed by atoms with Crippen molar-refractivity contribution in [2.24, 2.45) is 0 Å². The second-order valence-electron chi connectivity index (χ2n) is 5.76. The summed E-state index contributed by atoms with van der Waals surface area (Å²) in [5.74, 6) is -2.46. The third kappa shape index (κ3) is 4.19. The summed E-state index contributed by atoms with van der Waals surface area (Å²) in [7, 11) is 0. The minimum absolute atomic E-state index is 0.0997. The van der Waals surface area contributed by atoms with Gasteiger partial charge in [0.2, 0.25) is 0 Å². The number of halogens is 2. The lowest BCUT2D eigenvalue weighted by atomic mass is 10.0. The molecule has 3 rings (SSSR count). The summed E-state index contributed by atoms with van der Waals surface area (Å²) in [4.78, 5) is 23.6. The molecule has 8 heteroatoms. The predicted octanol–water partition coefficient (Wildman–Crippen LogP) is 5.88. The second-order valence-corrected chi connectivity index (χ2v) is 6.58. The first kappa shape index (κ1) is 19.5. The number of nitrogens with one attached hydrogen (secondary N) is 2. The van der Waals surface area contributed by atoms with Crippen LogP contribution in [0.3, 0.4) is 0 Å². The van der Waals surface area contributed by atoms with E-state index in [0.717, 1.165) is 0 Å². The number of carbonyl (C=O) groups is 2. The van der Waals surface area contributed by atoms with E-state index in [2.05, 4.69) is 10.6 Å². The molecule has 4 N–H and O–H groups in total. The number of rotatable bonds is 6. The number of hydrogen-bond acceptors (Lipinski definition) is 4. The number of anilines is 4. The van der Waals surface area contributed by atoms with Gasteiger partial charge in [-0.05, 0) is 36.4 Å². The fourth-order valence-electron chi connectivity index (χ4n) is 2.58. The zero-order chi connectivity index (χ0) is 20.3. The van der Waals surface area contributed by atoms with Crippen molar-refractivity contribution in [2.75, 3.05) is 10.6 Å². The van der Waals surface area contributed by atoms with Gasteiger partial charge in [-0.2, -0.15) is 0 Å². The Bertz CT molecular complexity index is 985. The lowest BCUT2D eigenvalue weighted by Crippen LogP contribution is -2.09. The lowest BCUT2D eigenvalue weighted by molar-refractivity contribution is 0.0683. The van der Waals surface area contributed by atoms with Crippen LogP contribution < -0.4 is 10.6 Å². The van der Waals surface area contributed by atoms with E-state index in [-0.39, 0.29) is 22.5 Å². The van der Waals surface area contributed by atoms with E-state index in [4.69, 9.17) is 23.2 Å². The average Bonchev–Trinajstić information content (AvgIpc) is 2.65. The molecular formula is C20H14Cl2N2O4. The largest absolute Gasteiger partial charge is 0.478 e. The van der Waals surface area contributed by atoms with Crippen LogP contribution in [0.4, 0.5) is 22.7 Å². The van der Waals surface area contributed by atoms with Gasteiger partial charge in [-0.25, -0.2) is 9.59 Å². The SMILES string of the molecule is O=C(O)c1cc(Nc2ccccc2Cl)c(C(=O)O)cc1Nc1ccccc1Cl. The summed E-state index contributed by atoms with van der Waals surface area (Å²) < 4.78 is 0. The highest BCUT2D eigenvalue weighted by atomic mass is 35.5. The molecule has 6 nitrogen and oxygen atoms in total. The van der Waals surface area contributed by atoms with Gasteiger partial charge < -0.3 is 20.8 Å². The molecule has 28 heavy (non-hydrogen) atoms. The molecule has 0 saturated heterocycles. The van der Waals surface area contributed by atoms with Crippen molar-refractivity contribution < 1.29 is 19.8 Å². The third-order valence-electron chi connectivity index (χ3n) is 3.90. The number of para-hydroxylation sites is 2. The Morgan fingerprint density at radius 1 is 0.643 bits per heavy atom. The van der Waals surface area contributed by atoms with Crippen LogP contribution in [0.1, 0.15) is 20.7 Å². The Morgan fingerprint density at radius 3 is 1.32 bits per heavy atom. The Hall–Kier alpha value is -3.22. The van der Waals surface area contributed by atoms with Crippen molar-refractivity contribution in [2.45, 2.75) is 0 Å². The number of carboxylic acid groups (broad SMARTS) is 2. The van der Waals surface area contributed by atoms with Gasteiger partial charge in [-0.15, -0.1) is 0 Å². The van der Waals surface area contributed by atoms with Gasteiger partial charge in [0.25, 0.3) is 0 Å². The van der Waals surface area contributed by atoms with Crippen molar-refractivity contribution in [3.63, 3.8) is 0 Å². The Morgan fingerprint density at radius 2 is 1.00 bits per heavy atom. The molecule has 0 amide bonds. The van der Waals surface area contributed by atoms with E-state index in [1.54, 1.807) is 48.5 Å². The molecule has 0 aromatic heterocycles. The Balaban J connectivity index is 2.10. The summed E-state index contributed by atoms with van der Waals surface area (Å²) in [5.41, 5.74) is 0.856. The summed E-state index contributed by atoms with van der Waals surface area (Å²) in [6, 6.07) is 16.0. The van der Waals surface area contributed by atoms with E-state index in [1.165, 1.54) is 12.1 Å². The molecule has 0 aliphatic carbocycles. The lowest BCUT2D eigenvalue weighted by Gasteiger charge is -2.16. The van der Waals surface area contributed by atoms with Crippen LogP contribution in [0, 0.1) is 0 Å². The molecule has 0 atom stereocenters. The molecule has 0 aliphatic heterocycles. The molecule has 142 valence electrons. The van der Waals surface area contributed by atoms with Crippen molar-refractivity contribution in [3.8, 4) is 0 Å². The minimum Gasteiger partial charge on any atom is -0.478 e. The smallest absolute Gasteiger partial charge is 0.337 e. The van der Waals surface area contributed by atoms with E-state index >= 15 is 0 Å². The maximum atomic E-state index is 11.8. The van der Waals surface area contributed by atoms with E-state index in [9.17, 15) is 19.8 Å². The summed E-state index contributed by atoms with van der Waals surface area (Å²) >= 11 is 12.2. The molecule has 0 heterocycles. The van der Waals surface area contributed by atoms with Gasteiger partial charge in [0.05, 0.1) is 43.9 Å². The first-order chi connectivity index (χ1) is 13.4. The van der Waals surface area contributed by atoms with Crippen molar-refractivity contribution in [1.29, 1.82) is 0 Å². The third-order valence-corrected chi connectivity index (χ3v) is 4.56. The Kier molecular flexibility index (Phi) is 5.73. The van der Waals surface area contributed by atoms with Crippen LogP contribution in [-0.4, -0.2) is 22.2 Å². The molecule has 0 spiro atoms. The topological polar surface area (TPSA) is 98.7 Å². The van der Waals surface area contributed by atoms with E-state index in [1.807, 2.05) is 0 Å². The molecule has 3 aromatic carbocycles. The van der Waals surface area contributed by atoms with Crippen LogP contribution in [0.25, 0.3) is 0 Å².